The van der Waals surface area contributed by atoms with Gasteiger partial charge >= 0.3 is 0 Å². The van der Waals surface area contributed by atoms with Crippen LogP contribution in [0.25, 0.3) is 0 Å². The smallest absolute Gasteiger partial charge is 0.269 e. The van der Waals surface area contributed by atoms with E-state index in [0.29, 0.717) is 17.1 Å². The van der Waals surface area contributed by atoms with Crippen LogP contribution in [0.15, 0.2) is 12.1 Å². The lowest BCUT2D eigenvalue weighted by molar-refractivity contribution is 0.0699. The fraction of sp³-hybridized carbons (Fsp3) is 0.760. The first-order valence-electron chi connectivity index (χ1n) is 12.3. The number of carbonyl (C=O) groups excluding carboxylic acids is 1. The number of carbonyl (C=O) groups is 1. The third-order valence-corrected chi connectivity index (χ3v) is 7.76. The largest absolute Gasteiger partial charge is 0.365 e. The van der Waals surface area contributed by atoms with E-state index < -0.39 is 5.95 Å². The fourth-order valence-corrected chi connectivity index (χ4v) is 5.21. The SMILES string of the molecule is CC.CCC(C)(CC)C1CCC(N2CCN(c3ccc(C(=O)NC)nc3F)CC2)CC1. The van der Waals surface area contributed by atoms with Gasteiger partial charge in [-0.05, 0) is 49.1 Å². The van der Waals surface area contributed by atoms with Crippen LogP contribution in [0.4, 0.5) is 10.1 Å². The van der Waals surface area contributed by atoms with Crippen molar-refractivity contribution in [1.29, 1.82) is 0 Å². The second kappa shape index (κ2) is 11.8. The van der Waals surface area contributed by atoms with Crippen molar-refractivity contribution in [1.82, 2.24) is 15.2 Å². The number of hydrogen-bond donors (Lipinski definition) is 1. The highest BCUT2D eigenvalue weighted by molar-refractivity contribution is 5.92. The number of aromatic nitrogens is 1. The van der Waals surface area contributed by atoms with Gasteiger partial charge in [-0.3, -0.25) is 9.69 Å². The van der Waals surface area contributed by atoms with Crippen molar-refractivity contribution in [2.24, 2.45) is 11.3 Å². The van der Waals surface area contributed by atoms with Crippen molar-refractivity contribution in [3.63, 3.8) is 0 Å². The van der Waals surface area contributed by atoms with Crippen molar-refractivity contribution >= 4 is 11.6 Å². The molecule has 1 saturated heterocycles. The van der Waals surface area contributed by atoms with Crippen LogP contribution in [0.3, 0.4) is 0 Å². The van der Waals surface area contributed by atoms with Crippen LogP contribution in [0, 0.1) is 17.3 Å². The van der Waals surface area contributed by atoms with Gasteiger partial charge in [0.25, 0.3) is 5.91 Å². The minimum Gasteiger partial charge on any atom is -0.365 e. The molecule has 2 aliphatic rings. The molecule has 0 atom stereocenters. The molecule has 1 amide bonds. The summed E-state index contributed by atoms with van der Waals surface area (Å²) >= 11 is 0. The predicted molar refractivity (Wildman–Crippen MR) is 127 cm³/mol. The third kappa shape index (κ3) is 5.97. The Morgan fingerprint density at radius 1 is 1.10 bits per heavy atom. The van der Waals surface area contributed by atoms with Crippen LogP contribution in [0.5, 0.6) is 0 Å². The molecular weight excluding hydrogens is 391 g/mol. The summed E-state index contributed by atoms with van der Waals surface area (Å²) in [6.45, 7) is 14.7. The fourth-order valence-electron chi connectivity index (χ4n) is 5.21. The van der Waals surface area contributed by atoms with Crippen molar-refractivity contribution in [2.45, 2.75) is 79.2 Å². The summed E-state index contributed by atoms with van der Waals surface area (Å²) in [6, 6.07) is 3.96. The molecule has 6 heteroatoms. The molecule has 1 aromatic rings. The van der Waals surface area contributed by atoms with E-state index in [-0.39, 0.29) is 11.6 Å². The molecule has 1 saturated carbocycles. The number of pyridine rings is 1. The Bertz CT molecular complexity index is 691. The van der Waals surface area contributed by atoms with E-state index in [2.05, 4.69) is 40.9 Å². The summed E-state index contributed by atoms with van der Waals surface area (Å²) in [5.41, 5.74) is 1.12. The Kier molecular flexibility index (Phi) is 9.73. The highest BCUT2D eigenvalue weighted by atomic mass is 19.1. The van der Waals surface area contributed by atoms with Gasteiger partial charge in [0.2, 0.25) is 5.95 Å². The van der Waals surface area contributed by atoms with Gasteiger partial charge in [-0.25, -0.2) is 4.98 Å². The Balaban J connectivity index is 0.00000166. The minimum atomic E-state index is -0.557. The van der Waals surface area contributed by atoms with Gasteiger partial charge < -0.3 is 10.2 Å². The number of piperazine rings is 1. The van der Waals surface area contributed by atoms with Gasteiger partial charge in [0.15, 0.2) is 0 Å². The van der Waals surface area contributed by atoms with Crippen molar-refractivity contribution in [2.75, 3.05) is 38.1 Å². The zero-order valence-electron chi connectivity index (χ0n) is 20.5. The summed E-state index contributed by atoms with van der Waals surface area (Å²) in [5, 5.41) is 2.48. The van der Waals surface area contributed by atoms with Gasteiger partial charge in [0, 0.05) is 39.3 Å². The molecule has 31 heavy (non-hydrogen) atoms. The molecular formula is C25H43FN4O. The molecule has 2 heterocycles. The molecule has 0 aromatic carbocycles. The first kappa shape index (κ1) is 25.6. The van der Waals surface area contributed by atoms with Crippen LogP contribution in [0.1, 0.15) is 83.6 Å². The first-order chi connectivity index (χ1) is 14.9. The standard InChI is InChI=1S/C23H37FN4O.C2H6/c1-5-23(3,6-2)17-7-9-18(10-8-17)27-13-15-28(16-14-27)20-12-11-19(22(29)25-4)26-21(20)24;1-2/h11-12,17-18H,5-10,13-16H2,1-4H3,(H,25,29);1-2H3. The van der Waals surface area contributed by atoms with E-state index in [1.165, 1.54) is 45.6 Å². The molecule has 176 valence electrons. The van der Waals surface area contributed by atoms with Crippen LogP contribution in [0.2, 0.25) is 0 Å². The van der Waals surface area contributed by atoms with Gasteiger partial charge in [-0.15, -0.1) is 0 Å². The summed E-state index contributed by atoms with van der Waals surface area (Å²) in [7, 11) is 1.52. The number of rotatable bonds is 6. The van der Waals surface area contributed by atoms with Gasteiger partial charge in [-0.1, -0.05) is 47.5 Å². The molecule has 1 aliphatic heterocycles. The lowest BCUT2D eigenvalue weighted by Gasteiger charge is -2.46. The maximum atomic E-state index is 14.5. The predicted octanol–water partition coefficient (Wildman–Crippen LogP) is 5.11. The third-order valence-electron chi connectivity index (χ3n) is 7.76. The van der Waals surface area contributed by atoms with Crippen LogP contribution >= 0.6 is 0 Å². The zero-order valence-corrected chi connectivity index (χ0v) is 20.5. The summed E-state index contributed by atoms with van der Waals surface area (Å²) in [4.78, 5) is 20.1. The lowest BCUT2D eigenvalue weighted by Crippen LogP contribution is -2.51. The lowest BCUT2D eigenvalue weighted by atomic mass is 9.66. The molecule has 5 nitrogen and oxygen atoms in total. The number of nitrogens with zero attached hydrogens (tertiary/aromatic N) is 3. The number of nitrogens with one attached hydrogen (secondary N) is 1. The number of anilines is 1. The van der Waals surface area contributed by atoms with E-state index in [4.69, 9.17) is 0 Å². The zero-order chi connectivity index (χ0) is 23.0. The van der Waals surface area contributed by atoms with Crippen molar-refractivity contribution in [3.05, 3.63) is 23.8 Å². The van der Waals surface area contributed by atoms with E-state index in [9.17, 15) is 9.18 Å². The Hall–Kier alpha value is -1.69. The quantitative estimate of drug-likeness (QED) is 0.632. The van der Waals surface area contributed by atoms with Crippen LogP contribution < -0.4 is 10.2 Å². The number of amides is 1. The molecule has 1 N–H and O–H groups in total. The average Bonchev–Trinajstić information content (AvgIpc) is 2.84. The maximum Gasteiger partial charge on any atom is 0.269 e. The van der Waals surface area contributed by atoms with Gasteiger partial charge in [-0.2, -0.15) is 4.39 Å². The Morgan fingerprint density at radius 2 is 1.68 bits per heavy atom. The Labute approximate surface area is 188 Å². The van der Waals surface area contributed by atoms with E-state index >= 15 is 0 Å². The van der Waals surface area contributed by atoms with Gasteiger partial charge in [0.05, 0.1) is 5.69 Å². The van der Waals surface area contributed by atoms with Crippen molar-refractivity contribution < 1.29 is 9.18 Å². The first-order valence-corrected chi connectivity index (χ1v) is 12.3. The molecule has 0 unspecified atom stereocenters. The number of halogens is 1. The molecule has 1 aromatic heterocycles. The molecule has 0 bridgehead atoms. The van der Waals surface area contributed by atoms with Crippen LogP contribution in [-0.4, -0.2) is 55.1 Å². The molecule has 2 fully saturated rings. The summed E-state index contributed by atoms with van der Waals surface area (Å²) < 4.78 is 14.5. The molecule has 0 spiro atoms. The second-order valence-electron chi connectivity index (χ2n) is 8.98. The van der Waals surface area contributed by atoms with Gasteiger partial charge in [0.1, 0.15) is 5.69 Å². The topological polar surface area (TPSA) is 48.5 Å². The summed E-state index contributed by atoms with van der Waals surface area (Å²) in [5.74, 6) is -0.0642. The second-order valence-corrected chi connectivity index (χ2v) is 8.98. The van der Waals surface area contributed by atoms with Crippen molar-refractivity contribution in [3.8, 4) is 0 Å². The highest BCUT2D eigenvalue weighted by Gasteiger charge is 2.36. The van der Waals surface area contributed by atoms with E-state index in [1.807, 2.05) is 13.8 Å². The molecule has 0 radical (unpaired) electrons. The van der Waals surface area contributed by atoms with E-state index in [0.717, 1.165) is 32.1 Å². The molecule has 1 aliphatic carbocycles. The minimum absolute atomic E-state index is 0.121. The Morgan fingerprint density at radius 3 is 2.16 bits per heavy atom. The molecule has 3 rings (SSSR count). The summed E-state index contributed by atoms with van der Waals surface area (Å²) in [6.07, 6.45) is 7.80. The maximum absolute atomic E-state index is 14.5. The monoisotopic (exact) mass is 434 g/mol. The highest BCUT2D eigenvalue weighted by Crippen LogP contribution is 2.44. The van der Waals surface area contributed by atoms with Crippen LogP contribution in [-0.2, 0) is 0 Å². The number of hydrogen-bond acceptors (Lipinski definition) is 4. The average molecular weight is 435 g/mol. The normalized spacial score (nSPS) is 22.5. The van der Waals surface area contributed by atoms with E-state index in [1.54, 1.807) is 12.1 Å².